The molecule has 4 heterocycles. The van der Waals surface area contributed by atoms with Gasteiger partial charge in [-0.15, -0.1) is 0 Å². The molecule has 1 unspecified atom stereocenters. The van der Waals surface area contributed by atoms with Crippen molar-refractivity contribution < 1.29 is 9.53 Å². The molecule has 2 saturated heterocycles. The number of nitrogen functional groups attached to an aromatic ring is 1. The first-order chi connectivity index (χ1) is 19.6. The number of ether oxygens (including phenoxy) is 1. The van der Waals surface area contributed by atoms with Crippen molar-refractivity contribution in [3.05, 3.63) is 83.6 Å². The number of imidazole rings is 1. The maximum Gasteiger partial charge on any atom is 0.335 e. The van der Waals surface area contributed by atoms with Gasteiger partial charge in [0.15, 0.2) is 11.5 Å². The molecular formula is C29H31N7O3S. The number of nitrogens with zero attached hydrogens (tertiary/aromatic N) is 6. The molecule has 0 saturated carbocycles. The average molecular weight is 558 g/mol. The van der Waals surface area contributed by atoms with Crippen LogP contribution in [0, 0.1) is 0 Å². The Morgan fingerprint density at radius 2 is 1.77 bits per heavy atom. The fraction of sp³-hybridized carbons (Fsp3) is 0.310. The van der Waals surface area contributed by atoms with Crippen LogP contribution >= 0.6 is 11.8 Å². The largest absolute Gasteiger partial charge is 0.457 e. The Balaban J connectivity index is 1.23. The summed E-state index contributed by atoms with van der Waals surface area (Å²) in [6, 6.07) is 16.5. The van der Waals surface area contributed by atoms with Gasteiger partial charge in [-0.3, -0.25) is 18.8 Å². The number of thioether (sulfide) groups is 1. The zero-order valence-corrected chi connectivity index (χ0v) is 22.9. The number of para-hydroxylation sites is 1. The van der Waals surface area contributed by atoms with Crippen molar-refractivity contribution in [2.75, 3.05) is 50.0 Å². The Kier molecular flexibility index (Phi) is 7.56. The van der Waals surface area contributed by atoms with Gasteiger partial charge in [-0.25, -0.2) is 14.8 Å². The number of anilines is 1. The molecule has 2 fully saturated rings. The van der Waals surface area contributed by atoms with E-state index in [4.69, 9.17) is 10.5 Å². The number of carbonyl (C=O) groups is 1. The average Bonchev–Trinajstić information content (AvgIpc) is 3.58. The van der Waals surface area contributed by atoms with Gasteiger partial charge in [0.1, 0.15) is 23.3 Å². The van der Waals surface area contributed by atoms with Gasteiger partial charge in [0.05, 0.1) is 11.7 Å². The molecule has 2 aromatic heterocycles. The minimum absolute atomic E-state index is 0.0335. The predicted molar refractivity (Wildman–Crippen MR) is 157 cm³/mol. The Bertz CT molecular complexity index is 1580. The zero-order valence-electron chi connectivity index (χ0n) is 22.1. The van der Waals surface area contributed by atoms with Crippen molar-refractivity contribution in [2.45, 2.75) is 12.5 Å². The molecule has 10 nitrogen and oxygen atoms in total. The van der Waals surface area contributed by atoms with E-state index in [1.807, 2.05) is 72.4 Å². The van der Waals surface area contributed by atoms with Crippen LogP contribution in [0.5, 0.6) is 11.5 Å². The normalized spacial score (nSPS) is 18.1. The van der Waals surface area contributed by atoms with E-state index >= 15 is 0 Å². The van der Waals surface area contributed by atoms with Gasteiger partial charge in [-0.2, -0.15) is 11.8 Å². The van der Waals surface area contributed by atoms with Gasteiger partial charge in [-0.1, -0.05) is 24.3 Å². The Morgan fingerprint density at radius 1 is 1.02 bits per heavy atom. The van der Waals surface area contributed by atoms with Crippen LogP contribution in [0.4, 0.5) is 5.82 Å². The van der Waals surface area contributed by atoms with E-state index in [2.05, 4.69) is 14.9 Å². The third-order valence-electron chi connectivity index (χ3n) is 7.32. The van der Waals surface area contributed by atoms with E-state index in [9.17, 15) is 9.59 Å². The minimum atomic E-state index is -0.267. The van der Waals surface area contributed by atoms with Crippen LogP contribution in [-0.2, 0) is 4.79 Å². The van der Waals surface area contributed by atoms with Crippen LogP contribution in [0.15, 0.2) is 77.9 Å². The van der Waals surface area contributed by atoms with Crippen molar-refractivity contribution in [1.29, 1.82) is 0 Å². The first-order valence-corrected chi connectivity index (χ1v) is 14.6. The summed E-state index contributed by atoms with van der Waals surface area (Å²) < 4.78 is 9.10. The molecule has 0 spiro atoms. The molecule has 0 radical (unpaired) electrons. The summed E-state index contributed by atoms with van der Waals surface area (Å²) in [5, 5.41) is 0. The van der Waals surface area contributed by atoms with Crippen LogP contribution in [-0.4, -0.2) is 79.0 Å². The third kappa shape index (κ3) is 5.34. The molecule has 1 amide bonds. The lowest BCUT2D eigenvalue weighted by Gasteiger charge is -2.24. The lowest BCUT2D eigenvalue weighted by atomic mass is 10.2. The molecule has 2 aliphatic rings. The van der Waals surface area contributed by atoms with Gasteiger partial charge in [0.2, 0.25) is 5.91 Å². The highest BCUT2D eigenvalue weighted by Gasteiger charge is 2.31. The molecule has 2 aromatic carbocycles. The summed E-state index contributed by atoms with van der Waals surface area (Å²) in [6.07, 6.45) is 5.63. The number of benzene rings is 2. The molecule has 1 atom stereocenters. The maximum absolute atomic E-state index is 13.9. The zero-order chi connectivity index (χ0) is 27.5. The molecule has 11 heteroatoms. The number of nitrogens with two attached hydrogens (primary N) is 1. The molecule has 2 N–H and O–H groups in total. The standard InChI is InChI=1S/C29H31N7O3S/c30-27-26-28(32-20-31-27)36(22-12-14-34(19-22)25(37)7-4-13-33-15-17-40-18-16-33)29(38)35(26)21-8-10-24(11-9-21)39-23-5-2-1-3-6-23/h1-11,20,22H,12-19H2,(H2,30,31,32)/b7-4+. The smallest absolute Gasteiger partial charge is 0.335 e. The van der Waals surface area contributed by atoms with Crippen molar-refractivity contribution in [3.63, 3.8) is 0 Å². The van der Waals surface area contributed by atoms with Gasteiger partial charge < -0.3 is 15.4 Å². The topological polar surface area (TPSA) is 112 Å². The summed E-state index contributed by atoms with van der Waals surface area (Å²) in [4.78, 5) is 39.5. The van der Waals surface area contributed by atoms with Crippen LogP contribution in [0.1, 0.15) is 12.5 Å². The van der Waals surface area contributed by atoms with Crippen LogP contribution in [0.3, 0.4) is 0 Å². The highest BCUT2D eigenvalue weighted by atomic mass is 32.2. The third-order valence-corrected chi connectivity index (χ3v) is 8.26. The minimum Gasteiger partial charge on any atom is -0.457 e. The number of aromatic nitrogens is 4. The molecule has 40 heavy (non-hydrogen) atoms. The summed E-state index contributed by atoms with van der Waals surface area (Å²) in [7, 11) is 0. The molecule has 206 valence electrons. The fourth-order valence-corrected chi connectivity index (χ4v) is 6.25. The van der Waals surface area contributed by atoms with Crippen LogP contribution in [0.25, 0.3) is 16.9 Å². The number of fused-ring (bicyclic) bond motifs is 1. The number of likely N-dealkylation sites (tertiary alicyclic amines) is 1. The number of amides is 1. The first-order valence-electron chi connectivity index (χ1n) is 13.4. The number of carbonyl (C=O) groups excluding carboxylic acids is 1. The quantitative estimate of drug-likeness (QED) is 0.345. The van der Waals surface area contributed by atoms with Crippen LogP contribution < -0.4 is 16.2 Å². The van der Waals surface area contributed by atoms with E-state index in [0.717, 1.165) is 36.9 Å². The SMILES string of the molecule is Nc1ncnc2c1n(-c1ccc(Oc3ccccc3)cc1)c(=O)n2C1CCN(C(=O)/C=C/CN2CCSCC2)C1. The van der Waals surface area contributed by atoms with Crippen molar-refractivity contribution in [2.24, 2.45) is 0 Å². The fourth-order valence-electron chi connectivity index (χ4n) is 5.27. The number of hydrogen-bond donors (Lipinski definition) is 1. The molecule has 4 aromatic rings. The van der Waals surface area contributed by atoms with Gasteiger partial charge in [-0.05, 0) is 42.8 Å². The Labute approximate surface area is 236 Å². The first kappa shape index (κ1) is 26.1. The molecule has 0 bridgehead atoms. The summed E-state index contributed by atoms with van der Waals surface area (Å²) in [5.41, 5.74) is 7.54. The van der Waals surface area contributed by atoms with E-state index < -0.39 is 0 Å². The van der Waals surface area contributed by atoms with Gasteiger partial charge in [0, 0.05) is 50.3 Å². The van der Waals surface area contributed by atoms with E-state index in [1.54, 1.807) is 15.5 Å². The van der Waals surface area contributed by atoms with Crippen molar-refractivity contribution in [3.8, 4) is 17.2 Å². The maximum atomic E-state index is 13.9. The summed E-state index contributed by atoms with van der Waals surface area (Å²) in [5.74, 6) is 3.83. The molecule has 0 aliphatic carbocycles. The predicted octanol–water partition coefficient (Wildman–Crippen LogP) is 3.34. The monoisotopic (exact) mass is 557 g/mol. The highest BCUT2D eigenvalue weighted by Crippen LogP contribution is 2.29. The van der Waals surface area contributed by atoms with E-state index in [1.165, 1.54) is 10.9 Å². The second-order valence-electron chi connectivity index (χ2n) is 9.87. The molecule has 6 rings (SSSR count). The Hall–Kier alpha value is -4.09. The molecule has 2 aliphatic heterocycles. The Morgan fingerprint density at radius 3 is 2.55 bits per heavy atom. The second-order valence-corrected chi connectivity index (χ2v) is 11.1. The second kappa shape index (κ2) is 11.6. The molecular weight excluding hydrogens is 526 g/mol. The lowest BCUT2D eigenvalue weighted by molar-refractivity contribution is -0.125. The van der Waals surface area contributed by atoms with E-state index in [-0.39, 0.29) is 23.5 Å². The summed E-state index contributed by atoms with van der Waals surface area (Å²) in [6.45, 7) is 3.88. The van der Waals surface area contributed by atoms with Gasteiger partial charge in [0.25, 0.3) is 0 Å². The number of rotatable bonds is 7. The van der Waals surface area contributed by atoms with E-state index in [0.29, 0.717) is 42.1 Å². The van der Waals surface area contributed by atoms with Crippen molar-refractivity contribution >= 4 is 34.7 Å². The summed E-state index contributed by atoms with van der Waals surface area (Å²) >= 11 is 1.97. The lowest BCUT2D eigenvalue weighted by Crippen LogP contribution is -2.33. The number of hydrogen-bond acceptors (Lipinski definition) is 8. The van der Waals surface area contributed by atoms with Crippen LogP contribution in [0.2, 0.25) is 0 Å². The van der Waals surface area contributed by atoms with Crippen molar-refractivity contribution in [1.82, 2.24) is 28.9 Å². The van der Waals surface area contributed by atoms with Gasteiger partial charge >= 0.3 is 5.69 Å². The highest BCUT2D eigenvalue weighted by molar-refractivity contribution is 7.99.